The van der Waals surface area contributed by atoms with Crippen molar-refractivity contribution in [2.75, 3.05) is 6.54 Å². The number of urea groups is 1. The molecule has 2 aromatic rings. The van der Waals surface area contributed by atoms with Gasteiger partial charge in [0.1, 0.15) is 5.54 Å². The van der Waals surface area contributed by atoms with Crippen LogP contribution in [-0.4, -0.2) is 23.4 Å². The lowest BCUT2D eigenvalue weighted by atomic mass is 9.87. The predicted molar refractivity (Wildman–Crippen MR) is 95.5 cm³/mol. The molecule has 6 heteroatoms. The number of hydrogen-bond donors (Lipinski definition) is 1. The van der Waals surface area contributed by atoms with E-state index in [0.717, 1.165) is 21.2 Å². The van der Waals surface area contributed by atoms with E-state index in [-0.39, 0.29) is 18.9 Å². The summed E-state index contributed by atoms with van der Waals surface area (Å²) in [5, 5.41) is 22.6. The van der Waals surface area contributed by atoms with E-state index in [9.17, 15) is 14.9 Å². The number of benzene rings is 2. The monoisotopic (exact) mass is 346 g/mol. The molecule has 1 saturated heterocycles. The Morgan fingerprint density at radius 2 is 1.88 bits per heavy atom. The maximum absolute atomic E-state index is 13.1. The number of nitriles is 2. The molecule has 3 amide bonds. The van der Waals surface area contributed by atoms with Crippen LogP contribution in [0.2, 0.25) is 0 Å². The van der Waals surface area contributed by atoms with E-state index in [1.807, 2.05) is 48.5 Å². The van der Waals surface area contributed by atoms with Gasteiger partial charge < -0.3 is 5.32 Å². The number of amides is 3. The van der Waals surface area contributed by atoms with E-state index in [1.165, 1.54) is 0 Å². The summed E-state index contributed by atoms with van der Waals surface area (Å²) in [5.74, 6) is -0.935. The molecule has 0 bridgehead atoms. The van der Waals surface area contributed by atoms with Gasteiger partial charge in [-0.1, -0.05) is 42.5 Å². The third kappa shape index (κ3) is 2.87. The fraction of sp³-hybridized carbons (Fsp3) is 0.300. The highest BCUT2D eigenvalue weighted by Crippen LogP contribution is 2.34. The van der Waals surface area contributed by atoms with Crippen molar-refractivity contribution in [3.05, 3.63) is 48.0 Å². The van der Waals surface area contributed by atoms with Crippen LogP contribution in [0, 0.1) is 28.6 Å². The first-order valence-corrected chi connectivity index (χ1v) is 8.40. The highest BCUT2D eigenvalue weighted by molar-refractivity contribution is 6.09. The summed E-state index contributed by atoms with van der Waals surface area (Å²) >= 11 is 0. The zero-order valence-corrected chi connectivity index (χ0v) is 14.4. The Morgan fingerprint density at radius 1 is 1.15 bits per heavy atom. The molecule has 130 valence electrons. The first kappa shape index (κ1) is 17.4. The van der Waals surface area contributed by atoms with Crippen molar-refractivity contribution in [1.82, 2.24) is 10.2 Å². The molecule has 0 unspecified atom stereocenters. The number of fused-ring (bicyclic) bond motifs is 1. The van der Waals surface area contributed by atoms with Crippen LogP contribution in [0.15, 0.2) is 42.5 Å². The number of carbonyl (C=O) groups excluding carboxylic acids is 2. The number of hydrogen-bond acceptors (Lipinski definition) is 4. The third-order valence-corrected chi connectivity index (χ3v) is 4.79. The quantitative estimate of drug-likeness (QED) is 0.841. The molecule has 1 fully saturated rings. The molecule has 3 rings (SSSR count). The van der Waals surface area contributed by atoms with E-state index in [2.05, 4.69) is 11.4 Å². The molecule has 1 aliphatic rings. The van der Waals surface area contributed by atoms with Crippen molar-refractivity contribution >= 4 is 22.7 Å². The SMILES string of the molecule is C[C@@]1(c2cccc3ccccc23)NC(=O)N(C[C@H](C#N)CCC#N)C1=O. The summed E-state index contributed by atoms with van der Waals surface area (Å²) in [7, 11) is 0. The molecular weight excluding hydrogens is 328 g/mol. The Hall–Kier alpha value is -3.38. The third-order valence-electron chi connectivity index (χ3n) is 4.79. The van der Waals surface area contributed by atoms with E-state index in [0.29, 0.717) is 6.42 Å². The van der Waals surface area contributed by atoms with E-state index in [1.54, 1.807) is 6.92 Å². The van der Waals surface area contributed by atoms with Crippen molar-refractivity contribution in [2.24, 2.45) is 5.92 Å². The smallest absolute Gasteiger partial charge is 0.319 e. The van der Waals surface area contributed by atoms with Gasteiger partial charge in [0.15, 0.2) is 0 Å². The molecule has 0 radical (unpaired) electrons. The molecule has 1 heterocycles. The van der Waals surface area contributed by atoms with Crippen LogP contribution in [-0.2, 0) is 10.3 Å². The zero-order chi connectivity index (χ0) is 18.7. The van der Waals surface area contributed by atoms with E-state index < -0.39 is 17.5 Å². The van der Waals surface area contributed by atoms with Crippen LogP contribution in [0.5, 0.6) is 0 Å². The second-order valence-corrected chi connectivity index (χ2v) is 6.52. The van der Waals surface area contributed by atoms with Crippen LogP contribution in [0.4, 0.5) is 4.79 Å². The molecular formula is C20H18N4O2. The minimum absolute atomic E-state index is 0.0107. The molecule has 0 aliphatic carbocycles. The highest BCUT2D eigenvalue weighted by atomic mass is 16.2. The van der Waals surface area contributed by atoms with Gasteiger partial charge in [0.05, 0.1) is 18.1 Å². The molecule has 2 aromatic carbocycles. The summed E-state index contributed by atoms with van der Waals surface area (Å²) in [6, 6.07) is 16.9. The summed E-state index contributed by atoms with van der Waals surface area (Å²) < 4.78 is 0. The van der Waals surface area contributed by atoms with Crippen LogP contribution in [0.1, 0.15) is 25.3 Å². The van der Waals surface area contributed by atoms with Crippen molar-refractivity contribution in [3.8, 4) is 12.1 Å². The molecule has 26 heavy (non-hydrogen) atoms. The normalized spacial score (nSPS) is 20.5. The highest BCUT2D eigenvalue weighted by Gasteiger charge is 2.49. The molecule has 1 N–H and O–H groups in total. The average Bonchev–Trinajstić information content (AvgIpc) is 2.88. The van der Waals surface area contributed by atoms with Crippen LogP contribution >= 0.6 is 0 Å². The first-order valence-electron chi connectivity index (χ1n) is 8.40. The fourth-order valence-electron chi connectivity index (χ4n) is 3.36. The summed E-state index contributed by atoms with van der Waals surface area (Å²) in [5.41, 5.74) is -0.463. The fourth-order valence-corrected chi connectivity index (χ4v) is 3.36. The molecule has 2 atom stereocenters. The van der Waals surface area contributed by atoms with Gasteiger partial charge in [-0.2, -0.15) is 10.5 Å². The summed E-state index contributed by atoms with van der Waals surface area (Å²) in [4.78, 5) is 26.6. The maximum Gasteiger partial charge on any atom is 0.325 e. The minimum Gasteiger partial charge on any atom is -0.319 e. The lowest BCUT2D eigenvalue weighted by molar-refractivity contribution is -0.131. The van der Waals surface area contributed by atoms with Gasteiger partial charge in [-0.15, -0.1) is 0 Å². The van der Waals surface area contributed by atoms with Crippen molar-refractivity contribution in [3.63, 3.8) is 0 Å². The Balaban J connectivity index is 1.94. The lowest BCUT2D eigenvalue weighted by Crippen LogP contribution is -2.41. The van der Waals surface area contributed by atoms with Crippen molar-refractivity contribution in [2.45, 2.75) is 25.3 Å². The van der Waals surface area contributed by atoms with Gasteiger partial charge >= 0.3 is 6.03 Å². The Kier molecular flexibility index (Phi) is 4.60. The van der Waals surface area contributed by atoms with Gasteiger partial charge in [0.2, 0.25) is 0 Å². The molecule has 0 spiro atoms. The van der Waals surface area contributed by atoms with Gasteiger partial charge in [-0.05, 0) is 29.7 Å². The van der Waals surface area contributed by atoms with Crippen molar-refractivity contribution in [1.29, 1.82) is 10.5 Å². The Bertz CT molecular complexity index is 951. The topological polar surface area (TPSA) is 97.0 Å². The number of rotatable bonds is 5. The lowest BCUT2D eigenvalue weighted by Gasteiger charge is -2.24. The summed E-state index contributed by atoms with van der Waals surface area (Å²) in [6.07, 6.45) is 0.539. The molecule has 0 aromatic heterocycles. The Labute approximate surface area is 151 Å². The van der Waals surface area contributed by atoms with Crippen LogP contribution in [0.3, 0.4) is 0 Å². The molecule has 0 saturated carbocycles. The number of nitrogens with zero attached hydrogens (tertiary/aromatic N) is 3. The van der Waals surface area contributed by atoms with Gasteiger partial charge in [0.25, 0.3) is 5.91 Å². The largest absolute Gasteiger partial charge is 0.325 e. The second kappa shape index (κ2) is 6.85. The minimum atomic E-state index is -1.19. The van der Waals surface area contributed by atoms with Gasteiger partial charge in [-0.25, -0.2) is 4.79 Å². The van der Waals surface area contributed by atoms with Crippen molar-refractivity contribution < 1.29 is 9.59 Å². The average molecular weight is 346 g/mol. The van der Waals surface area contributed by atoms with Gasteiger partial charge in [0, 0.05) is 13.0 Å². The number of carbonyl (C=O) groups is 2. The molecule has 1 aliphatic heterocycles. The standard InChI is InChI=1S/C20H18N4O2/c1-20(17-10-4-8-15-7-2-3-9-16(15)17)18(25)24(19(26)23-20)13-14(12-22)6-5-11-21/h2-4,7-10,14H,5-6,13H2,1H3,(H,23,26)/t14-,20-/m0/s1. The maximum atomic E-state index is 13.1. The Morgan fingerprint density at radius 3 is 2.62 bits per heavy atom. The van der Waals surface area contributed by atoms with E-state index in [4.69, 9.17) is 5.26 Å². The van der Waals surface area contributed by atoms with Gasteiger partial charge in [-0.3, -0.25) is 9.69 Å². The van der Waals surface area contributed by atoms with Crippen LogP contribution < -0.4 is 5.32 Å². The predicted octanol–water partition coefficient (Wildman–Crippen LogP) is 3.05. The summed E-state index contributed by atoms with van der Waals surface area (Å²) in [6.45, 7) is 1.68. The number of nitrogens with one attached hydrogen (secondary N) is 1. The zero-order valence-electron chi connectivity index (χ0n) is 14.4. The molecule has 6 nitrogen and oxygen atoms in total. The second-order valence-electron chi connectivity index (χ2n) is 6.52. The van der Waals surface area contributed by atoms with Crippen LogP contribution in [0.25, 0.3) is 10.8 Å². The number of imide groups is 1. The first-order chi connectivity index (χ1) is 12.5. The van der Waals surface area contributed by atoms with E-state index >= 15 is 0 Å².